The van der Waals surface area contributed by atoms with E-state index < -0.39 is 5.54 Å². The molecule has 1 aliphatic rings. The monoisotopic (exact) mass is 299 g/mol. The molecule has 5 heteroatoms. The van der Waals surface area contributed by atoms with Gasteiger partial charge in [0.25, 0.3) is 5.56 Å². The van der Waals surface area contributed by atoms with Crippen molar-refractivity contribution in [1.29, 1.82) is 0 Å². The van der Waals surface area contributed by atoms with Crippen LogP contribution in [-0.2, 0) is 4.79 Å². The van der Waals surface area contributed by atoms with Gasteiger partial charge in [0.1, 0.15) is 11.4 Å². The zero-order chi connectivity index (χ0) is 15.9. The molecular weight excluding hydrogens is 278 g/mol. The first-order chi connectivity index (χ1) is 10.4. The minimum absolute atomic E-state index is 0.0740. The molecule has 0 spiro atoms. The van der Waals surface area contributed by atoms with Crippen molar-refractivity contribution in [2.75, 3.05) is 5.43 Å². The van der Waals surface area contributed by atoms with E-state index in [0.29, 0.717) is 23.1 Å². The number of hydrogen-bond acceptors (Lipinski definition) is 4. The number of nitrogens with zero attached hydrogens (tertiary/aromatic N) is 2. The minimum Gasteiger partial charge on any atom is -0.308 e. The maximum Gasteiger partial charge on any atom is 0.279 e. The van der Waals surface area contributed by atoms with E-state index in [-0.39, 0.29) is 17.3 Å². The molecule has 1 atom stereocenters. The molecule has 1 fully saturated rings. The van der Waals surface area contributed by atoms with Crippen LogP contribution in [0.5, 0.6) is 0 Å². The summed E-state index contributed by atoms with van der Waals surface area (Å²) in [5.41, 5.74) is 3.04. The smallest absolute Gasteiger partial charge is 0.279 e. The van der Waals surface area contributed by atoms with Crippen LogP contribution in [0, 0.1) is 0 Å². The molecule has 1 aliphatic carbocycles. The van der Waals surface area contributed by atoms with Crippen molar-refractivity contribution < 1.29 is 4.79 Å². The molecule has 0 amide bonds. The molecule has 1 unspecified atom stereocenters. The summed E-state index contributed by atoms with van der Waals surface area (Å²) in [4.78, 5) is 29.6. The van der Waals surface area contributed by atoms with E-state index in [4.69, 9.17) is 0 Å². The van der Waals surface area contributed by atoms with Crippen LogP contribution >= 0.6 is 0 Å². The van der Waals surface area contributed by atoms with E-state index >= 15 is 0 Å². The highest BCUT2D eigenvalue weighted by Crippen LogP contribution is 2.27. The number of carbonyl (C=O) groups is 1. The van der Waals surface area contributed by atoms with Crippen molar-refractivity contribution in [2.24, 2.45) is 0 Å². The highest BCUT2D eigenvalue weighted by molar-refractivity contribution is 5.91. The minimum atomic E-state index is -0.683. The second-order valence-electron chi connectivity index (χ2n) is 6.50. The van der Waals surface area contributed by atoms with E-state index in [0.717, 1.165) is 12.8 Å². The number of fused-ring (bicyclic) bond motifs is 1. The van der Waals surface area contributed by atoms with Crippen molar-refractivity contribution in [3.05, 3.63) is 40.4 Å². The van der Waals surface area contributed by atoms with E-state index in [1.165, 1.54) is 4.68 Å². The van der Waals surface area contributed by atoms with Crippen LogP contribution in [0.2, 0.25) is 0 Å². The Bertz CT molecular complexity index is 794. The third-order valence-corrected chi connectivity index (χ3v) is 4.37. The van der Waals surface area contributed by atoms with E-state index in [1.807, 2.05) is 39.0 Å². The van der Waals surface area contributed by atoms with Gasteiger partial charge in [-0.25, -0.2) is 9.66 Å². The average molecular weight is 299 g/mol. The summed E-state index contributed by atoms with van der Waals surface area (Å²) >= 11 is 0. The fourth-order valence-corrected chi connectivity index (χ4v) is 3.03. The molecule has 116 valence electrons. The van der Waals surface area contributed by atoms with Crippen LogP contribution in [0.4, 0.5) is 0 Å². The van der Waals surface area contributed by atoms with E-state index in [9.17, 15) is 9.59 Å². The number of benzene rings is 1. The van der Waals surface area contributed by atoms with E-state index in [2.05, 4.69) is 10.4 Å². The Morgan fingerprint density at radius 1 is 1.27 bits per heavy atom. The molecule has 0 saturated heterocycles. The maximum atomic E-state index is 12.8. The molecule has 1 heterocycles. The second kappa shape index (κ2) is 5.23. The largest absolute Gasteiger partial charge is 0.308 e. The van der Waals surface area contributed by atoms with Crippen LogP contribution in [-0.4, -0.2) is 21.0 Å². The fraction of sp³-hybridized carbons (Fsp3) is 0.471. The number of aromatic nitrogens is 2. The molecule has 3 rings (SSSR count). The number of ketones is 1. The number of nitrogens with one attached hydrogen (secondary N) is 1. The molecule has 22 heavy (non-hydrogen) atoms. The zero-order valence-corrected chi connectivity index (χ0v) is 13.2. The quantitative estimate of drug-likeness (QED) is 0.946. The van der Waals surface area contributed by atoms with Gasteiger partial charge in [-0.15, -0.1) is 0 Å². The van der Waals surface area contributed by atoms with Crippen molar-refractivity contribution in [3.8, 4) is 0 Å². The first-order valence-corrected chi connectivity index (χ1v) is 7.75. The first kappa shape index (κ1) is 14.8. The van der Waals surface area contributed by atoms with Gasteiger partial charge < -0.3 is 5.43 Å². The SMILES string of the molecule is CC(C)c1nc2ccccc2c(=O)n1NC1(C)CCCC1=O. The Morgan fingerprint density at radius 2 is 2.00 bits per heavy atom. The first-order valence-electron chi connectivity index (χ1n) is 7.75. The van der Waals surface area contributed by atoms with Crippen LogP contribution in [0.25, 0.3) is 10.9 Å². The average Bonchev–Trinajstić information content (AvgIpc) is 2.81. The molecule has 2 aromatic rings. The lowest BCUT2D eigenvalue weighted by atomic mass is 10.0. The van der Waals surface area contributed by atoms with Gasteiger partial charge in [-0.1, -0.05) is 26.0 Å². The van der Waals surface area contributed by atoms with Crippen molar-refractivity contribution in [1.82, 2.24) is 9.66 Å². The normalized spacial score (nSPS) is 21.7. The molecule has 0 bridgehead atoms. The van der Waals surface area contributed by atoms with Gasteiger partial charge in [-0.3, -0.25) is 9.59 Å². The summed E-state index contributed by atoms with van der Waals surface area (Å²) in [5, 5.41) is 0.563. The number of hydrogen-bond donors (Lipinski definition) is 1. The van der Waals surface area contributed by atoms with Gasteiger partial charge in [0.2, 0.25) is 0 Å². The van der Waals surface area contributed by atoms with Crippen molar-refractivity contribution in [3.63, 3.8) is 0 Å². The summed E-state index contributed by atoms with van der Waals surface area (Å²) in [6.07, 6.45) is 2.16. The Hall–Kier alpha value is -2.17. The summed E-state index contributed by atoms with van der Waals surface area (Å²) in [6.45, 7) is 5.86. The Kier molecular flexibility index (Phi) is 3.51. The van der Waals surface area contributed by atoms with Gasteiger partial charge in [0, 0.05) is 12.3 Å². The van der Waals surface area contributed by atoms with Gasteiger partial charge in [0.05, 0.1) is 10.9 Å². The maximum absolute atomic E-state index is 12.8. The van der Waals surface area contributed by atoms with Crippen LogP contribution in [0.3, 0.4) is 0 Å². The van der Waals surface area contributed by atoms with Crippen LogP contribution in [0.1, 0.15) is 51.8 Å². The highest BCUT2D eigenvalue weighted by atomic mass is 16.1. The van der Waals surface area contributed by atoms with Crippen LogP contribution < -0.4 is 11.0 Å². The van der Waals surface area contributed by atoms with E-state index in [1.54, 1.807) is 6.07 Å². The second-order valence-corrected chi connectivity index (χ2v) is 6.50. The highest BCUT2D eigenvalue weighted by Gasteiger charge is 2.38. The van der Waals surface area contributed by atoms with Gasteiger partial charge in [0.15, 0.2) is 5.78 Å². The third kappa shape index (κ3) is 2.30. The van der Waals surface area contributed by atoms with Crippen LogP contribution in [0.15, 0.2) is 29.1 Å². The Labute approximate surface area is 129 Å². The predicted octanol–water partition coefficient (Wildman–Crippen LogP) is 2.58. The van der Waals surface area contributed by atoms with Crippen molar-refractivity contribution in [2.45, 2.75) is 51.5 Å². The third-order valence-electron chi connectivity index (χ3n) is 4.37. The molecule has 5 nitrogen and oxygen atoms in total. The molecule has 1 N–H and O–H groups in total. The molecule has 1 aromatic carbocycles. The lowest BCUT2D eigenvalue weighted by Crippen LogP contribution is -2.49. The van der Waals surface area contributed by atoms with Crippen molar-refractivity contribution >= 4 is 16.7 Å². The van der Waals surface area contributed by atoms with Gasteiger partial charge >= 0.3 is 0 Å². The van der Waals surface area contributed by atoms with Gasteiger partial charge in [-0.2, -0.15) is 0 Å². The molecule has 0 radical (unpaired) electrons. The summed E-state index contributed by atoms with van der Waals surface area (Å²) in [7, 11) is 0. The summed E-state index contributed by atoms with van der Waals surface area (Å²) < 4.78 is 1.48. The van der Waals surface area contributed by atoms with Gasteiger partial charge in [-0.05, 0) is 31.9 Å². The molecule has 1 aromatic heterocycles. The fourth-order valence-electron chi connectivity index (χ4n) is 3.03. The summed E-state index contributed by atoms with van der Waals surface area (Å²) in [6, 6.07) is 7.31. The summed E-state index contributed by atoms with van der Waals surface area (Å²) in [5.74, 6) is 0.886. The Balaban J connectivity index is 2.19. The molecular formula is C17H21N3O2. The standard InChI is InChI=1S/C17H21N3O2/c1-11(2)15-18-13-8-5-4-7-12(13)16(22)20(15)19-17(3)10-6-9-14(17)21/h4-5,7-8,11,19H,6,9-10H2,1-3H3. The predicted molar refractivity (Wildman–Crippen MR) is 86.7 cm³/mol. The lowest BCUT2D eigenvalue weighted by Gasteiger charge is -2.28. The number of carbonyl (C=O) groups excluding carboxylic acids is 1. The molecule has 0 aliphatic heterocycles. The topological polar surface area (TPSA) is 64.0 Å². The number of Topliss-reactive ketones (excluding diaryl/α,β-unsaturated/α-hetero) is 1. The lowest BCUT2D eigenvalue weighted by molar-refractivity contribution is -0.120. The zero-order valence-electron chi connectivity index (χ0n) is 13.2. The number of para-hydroxylation sites is 1. The number of rotatable bonds is 3. The Morgan fingerprint density at radius 3 is 2.64 bits per heavy atom. The molecule has 1 saturated carbocycles.